The summed E-state index contributed by atoms with van der Waals surface area (Å²) in [5.74, 6) is 1.22. The van der Waals surface area contributed by atoms with E-state index in [1.165, 1.54) is 16.7 Å². The SMILES string of the molecule is CN=C(NCc1ccccc1CN1CCCC1=O)N1CCN(Cc2ccccc2)CC1.I. The number of aliphatic imine (C=N–C) groups is 1. The third kappa shape index (κ3) is 6.45. The highest BCUT2D eigenvalue weighted by atomic mass is 127. The Morgan fingerprint density at radius 2 is 1.59 bits per heavy atom. The van der Waals surface area contributed by atoms with Crippen molar-refractivity contribution >= 4 is 35.8 Å². The Labute approximate surface area is 208 Å². The molecule has 0 spiro atoms. The fourth-order valence-corrected chi connectivity index (χ4v) is 4.43. The van der Waals surface area contributed by atoms with E-state index < -0.39 is 0 Å². The van der Waals surface area contributed by atoms with Crippen molar-refractivity contribution in [2.24, 2.45) is 4.99 Å². The molecule has 32 heavy (non-hydrogen) atoms. The summed E-state index contributed by atoms with van der Waals surface area (Å²) >= 11 is 0. The number of hydrogen-bond acceptors (Lipinski definition) is 3. The molecular weight excluding hydrogens is 513 g/mol. The van der Waals surface area contributed by atoms with Crippen molar-refractivity contribution in [2.75, 3.05) is 39.8 Å². The lowest BCUT2D eigenvalue weighted by Crippen LogP contribution is -2.52. The van der Waals surface area contributed by atoms with Gasteiger partial charge in [-0.05, 0) is 23.1 Å². The predicted molar refractivity (Wildman–Crippen MR) is 140 cm³/mol. The van der Waals surface area contributed by atoms with Crippen LogP contribution >= 0.6 is 24.0 Å². The molecule has 0 aliphatic carbocycles. The van der Waals surface area contributed by atoms with E-state index in [-0.39, 0.29) is 29.9 Å². The van der Waals surface area contributed by atoms with Gasteiger partial charge < -0.3 is 15.1 Å². The average molecular weight is 547 g/mol. The van der Waals surface area contributed by atoms with Gasteiger partial charge in [0.05, 0.1) is 0 Å². The molecule has 0 unspecified atom stereocenters. The van der Waals surface area contributed by atoms with Crippen LogP contribution in [0, 0.1) is 0 Å². The Bertz CT molecular complexity index is 896. The number of nitrogens with one attached hydrogen (secondary N) is 1. The summed E-state index contributed by atoms with van der Waals surface area (Å²) in [6.45, 7) is 7.29. The molecule has 2 aromatic carbocycles. The van der Waals surface area contributed by atoms with E-state index in [4.69, 9.17) is 0 Å². The van der Waals surface area contributed by atoms with E-state index in [1.54, 1.807) is 0 Å². The number of nitrogens with zero attached hydrogens (tertiary/aromatic N) is 4. The quantitative estimate of drug-likeness (QED) is 0.343. The lowest BCUT2D eigenvalue weighted by Gasteiger charge is -2.36. The summed E-state index contributed by atoms with van der Waals surface area (Å²) in [5.41, 5.74) is 3.81. The van der Waals surface area contributed by atoms with Crippen molar-refractivity contribution in [1.82, 2.24) is 20.0 Å². The number of carbonyl (C=O) groups excluding carboxylic acids is 1. The van der Waals surface area contributed by atoms with E-state index in [0.29, 0.717) is 13.0 Å². The summed E-state index contributed by atoms with van der Waals surface area (Å²) in [4.78, 5) is 23.4. The molecule has 0 aromatic heterocycles. The van der Waals surface area contributed by atoms with Gasteiger partial charge in [-0.1, -0.05) is 54.6 Å². The summed E-state index contributed by atoms with van der Waals surface area (Å²) < 4.78 is 0. The molecular formula is C25H34IN5O. The Morgan fingerprint density at radius 1 is 0.906 bits per heavy atom. The number of rotatable bonds is 6. The molecule has 0 radical (unpaired) electrons. The van der Waals surface area contributed by atoms with Crippen LogP contribution in [0.4, 0.5) is 0 Å². The number of halogens is 1. The van der Waals surface area contributed by atoms with Crippen molar-refractivity contribution in [2.45, 2.75) is 32.5 Å². The van der Waals surface area contributed by atoms with Gasteiger partial charge in [0.15, 0.2) is 5.96 Å². The van der Waals surface area contributed by atoms with E-state index in [9.17, 15) is 4.79 Å². The van der Waals surface area contributed by atoms with Crippen LogP contribution < -0.4 is 5.32 Å². The molecule has 2 aliphatic heterocycles. The monoisotopic (exact) mass is 547 g/mol. The first kappa shape index (κ1) is 24.5. The zero-order valence-corrected chi connectivity index (χ0v) is 21.2. The van der Waals surface area contributed by atoms with Crippen LogP contribution in [-0.2, 0) is 24.4 Å². The summed E-state index contributed by atoms with van der Waals surface area (Å²) in [6.07, 6.45) is 1.66. The van der Waals surface area contributed by atoms with Gasteiger partial charge in [0, 0.05) is 65.8 Å². The van der Waals surface area contributed by atoms with Crippen molar-refractivity contribution in [3.05, 3.63) is 71.3 Å². The zero-order valence-electron chi connectivity index (χ0n) is 18.9. The molecule has 2 saturated heterocycles. The smallest absolute Gasteiger partial charge is 0.222 e. The maximum atomic E-state index is 12.0. The Kier molecular flexibility index (Phi) is 9.35. The van der Waals surface area contributed by atoms with E-state index in [0.717, 1.165) is 58.2 Å². The molecule has 7 heteroatoms. The van der Waals surface area contributed by atoms with Crippen molar-refractivity contribution in [1.29, 1.82) is 0 Å². The Balaban J connectivity index is 0.00000289. The van der Waals surface area contributed by atoms with Gasteiger partial charge in [-0.25, -0.2) is 0 Å². The lowest BCUT2D eigenvalue weighted by molar-refractivity contribution is -0.128. The van der Waals surface area contributed by atoms with Crippen molar-refractivity contribution < 1.29 is 4.79 Å². The first-order valence-electron chi connectivity index (χ1n) is 11.3. The number of hydrogen-bond donors (Lipinski definition) is 1. The molecule has 0 bridgehead atoms. The summed E-state index contributed by atoms with van der Waals surface area (Å²) in [7, 11) is 1.85. The van der Waals surface area contributed by atoms with Crippen LogP contribution in [-0.4, -0.2) is 66.3 Å². The molecule has 1 N–H and O–H groups in total. The van der Waals surface area contributed by atoms with E-state index >= 15 is 0 Å². The van der Waals surface area contributed by atoms with Crippen LogP contribution in [0.3, 0.4) is 0 Å². The molecule has 0 atom stereocenters. The Morgan fingerprint density at radius 3 is 2.25 bits per heavy atom. The number of benzene rings is 2. The van der Waals surface area contributed by atoms with Gasteiger partial charge in [0.25, 0.3) is 0 Å². The largest absolute Gasteiger partial charge is 0.352 e. The van der Waals surface area contributed by atoms with Crippen molar-refractivity contribution in [3.63, 3.8) is 0 Å². The number of carbonyl (C=O) groups is 1. The third-order valence-electron chi connectivity index (χ3n) is 6.22. The highest BCUT2D eigenvalue weighted by Gasteiger charge is 2.22. The Hall–Kier alpha value is -2.13. The summed E-state index contributed by atoms with van der Waals surface area (Å²) in [5, 5.41) is 3.55. The van der Waals surface area contributed by atoms with Gasteiger partial charge in [-0.15, -0.1) is 24.0 Å². The predicted octanol–water partition coefficient (Wildman–Crippen LogP) is 3.32. The molecule has 4 rings (SSSR count). The first-order chi connectivity index (χ1) is 15.2. The normalized spacial score (nSPS) is 17.4. The molecule has 172 valence electrons. The second-order valence-electron chi connectivity index (χ2n) is 8.34. The standard InChI is InChI=1S/C25H33N5O.HI/c1-26-25(29-16-14-28(15-17-29)19-21-8-3-2-4-9-21)27-18-22-10-5-6-11-23(22)20-30-13-7-12-24(30)31;/h2-6,8-11H,7,12-20H2,1H3,(H,26,27);1H. The number of piperazine rings is 1. The maximum absolute atomic E-state index is 12.0. The molecule has 2 aliphatic rings. The van der Waals surface area contributed by atoms with Crippen LogP contribution in [0.25, 0.3) is 0 Å². The topological polar surface area (TPSA) is 51.2 Å². The van der Waals surface area contributed by atoms with Gasteiger partial charge in [0.1, 0.15) is 0 Å². The highest BCUT2D eigenvalue weighted by Crippen LogP contribution is 2.17. The second-order valence-corrected chi connectivity index (χ2v) is 8.34. The highest BCUT2D eigenvalue weighted by molar-refractivity contribution is 14.0. The number of guanidine groups is 1. The molecule has 2 heterocycles. The molecule has 2 fully saturated rings. The van der Waals surface area contributed by atoms with E-state index in [2.05, 4.69) is 74.7 Å². The second kappa shape index (κ2) is 12.2. The molecule has 2 aromatic rings. The minimum Gasteiger partial charge on any atom is -0.352 e. The molecule has 1 amide bonds. The minimum absolute atomic E-state index is 0. The van der Waals surface area contributed by atoms with Crippen LogP contribution in [0.2, 0.25) is 0 Å². The van der Waals surface area contributed by atoms with Crippen LogP contribution in [0.15, 0.2) is 59.6 Å². The van der Waals surface area contributed by atoms with Gasteiger partial charge >= 0.3 is 0 Å². The number of likely N-dealkylation sites (tertiary alicyclic amines) is 1. The third-order valence-corrected chi connectivity index (χ3v) is 6.22. The minimum atomic E-state index is 0. The van der Waals surface area contributed by atoms with Gasteiger partial charge in [-0.2, -0.15) is 0 Å². The summed E-state index contributed by atoms with van der Waals surface area (Å²) in [6, 6.07) is 19.1. The zero-order chi connectivity index (χ0) is 21.5. The van der Waals surface area contributed by atoms with Gasteiger partial charge in [-0.3, -0.25) is 14.7 Å². The first-order valence-corrected chi connectivity index (χ1v) is 11.3. The molecule has 6 nitrogen and oxygen atoms in total. The van der Waals surface area contributed by atoms with E-state index in [1.807, 2.05) is 11.9 Å². The fraction of sp³-hybridized carbons (Fsp3) is 0.440. The number of amides is 1. The average Bonchev–Trinajstić information content (AvgIpc) is 3.21. The van der Waals surface area contributed by atoms with Crippen LogP contribution in [0.1, 0.15) is 29.5 Å². The van der Waals surface area contributed by atoms with Gasteiger partial charge in [0.2, 0.25) is 5.91 Å². The fourth-order valence-electron chi connectivity index (χ4n) is 4.43. The van der Waals surface area contributed by atoms with Crippen LogP contribution in [0.5, 0.6) is 0 Å². The van der Waals surface area contributed by atoms with Crippen molar-refractivity contribution in [3.8, 4) is 0 Å². The maximum Gasteiger partial charge on any atom is 0.222 e. The lowest BCUT2D eigenvalue weighted by atomic mass is 10.1. The molecule has 0 saturated carbocycles.